The van der Waals surface area contributed by atoms with E-state index in [-0.39, 0.29) is 24.9 Å². The van der Waals surface area contributed by atoms with Crippen molar-refractivity contribution in [2.75, 3.05) is 26.4 Å². The third-order valence-corrected chi connectivity index (χ3v) is 5.12. The number of fused-ring (bicyclic) bond motifs is 1. The van der Waals surface area contributed by atoms with Crippen LogP contribution in [-0.4, -0.2) is 61.9 Å². The highest BCUT2D eigenvalue weighted by Gasteiger charge is 2.55. The first-order valence-corrected chi connectivity index (χ1v) is 10.9. The van der Waals surface area contributed by atoms with E-state index in [9.17, 15) is 0 Å². The van der Waals surface area contributed by atoms with Crippen molar-refractivity contribution in [3.63, 3.8) is 0 Å². The van der Waals surface area contributed by atoms with Gasteiger partial charge in [0, 0.05) is 19.8 Å². The van der Waals surface area contributed by atoms with Crippen LogP contribution in [0.25, 0.3) is 0 Å². The molecule has 0 spiro atoms. The van der Waals surface area contributed by atoms with Gasteiger partial charge in [-0.05, 0) is 26.7 Å². The van der Waals surface area contributed by atoms with Crippen molar-refractivity contribution in [1.82, 2.24) is 0 Å². The zero-order valence-electron chi connectivity index (χ0n) is 17.5. The molecule has 1 N–H and O–H groups in total. The van der Waals surface area contributed by atoms with E-state index in [1.165, 1.54) is 44.9 Å². The van der Waals surface area contributed by atoms with E-state index in [1.54, 1.807) is 0 Å². The molecule has 0 unspecified atom stereocenters. The molecule has 4 atom stereocenters. The predicted molar refractivity (Wildman–Crippen MR) is 104 cm³/mol. The molecule has 6 heteroatoms. The Morgan fingerprint density at radius 1 is 0.889 bits per heavy atom. The normalized spacial score (nSPS) is 29.3. The Morgan fingerprint density at radius 3 is 2.30 bits per heavy atom. The molecule has 0 saturated carbocycles. The summed E-state index contributed by atoms with van der Waals surface area (Å²) in [5.74, 6) is -0.641. The van der Waals surface area contributed by atoms with Crippen LogP contribution in [0.2, 0.25) is 0 Å². The van der Waals surface area contributed by atoms with E-state index >= 15 is 0 Å². The Labute approximate surface area is 164 Å². The van der Waals surface area contributed by atoms with E-state index in [0.29, 0.717) is 26.2 Å². The van der Waals surface area contributed by atoms with Crippen LogP contribution in [0, 0.1) is 0 Å². The Morgan fingerprint density at radius 2 is 1.59 bits per heavy atom. The van der Waals surface area contributed by atoms with Gasteiger partial charge in [-0.2, -0.15) is 0 Å². The fourth-order valence-corrected chi connectivity index (χ4v) is 3.70. The minimum absolute atomic E-state index is 0.134. The van der Waals surface area contributed by atoms with E-state index < -0.39 is 12.1 Å². The van der Waals surface area contributed by atoms with Crippen LogP contribution in [0.15, 0.2) is 0 Å². The van der Waals surface area contributed by atoms with Gasteiger partial charge in [0.15, 0.2) is 12.1 Å². The number of aliphatic hydroxyl groups excluding tert-OH is 1. The quantitative estimate of drug-likeness (QED) is 0.431. The molecule has 2 fully saturated rings. The van der Waals surface area contributed by atoms with E-state index in [4.69, 9.17) is 28.8 Å². The Kier molecular flexibility index (Phi) is 10.5. The average molecular weight is 389 g/mol. The molecule has 0 amide bonds. The highest BCUT2D eigenvalue weighted by molar-refractivity contribution is 4.94. The second kappa shape index (κ2) is 12.3. The molecule has 2 aliphatic heterocycles. The van der Waals surface area contributed by atoms with Crippen molar-refractivity contribution < 1.29 is 28.8 Å². The summed E-state index contributed by atoms with van der Waals surface area (Å²) in [4.78, 5) is 0. The van der Waals surface area contributed by atoms with Gasteiger partial charge in [-0.1, -0.05) is 51.9 Å². The number of hydrogen-bond acceptors (Lipinski definition) is 6. The lowest BCUT2D eigenvalue weighted by molar-refractivity contribution is -0.223. The molecule has 2 rings (SSSR count). The summed E-state index contributed by atoms with van der Waals surface area (Å²) in [6, 6.07) is 0. The predicted octanol–water partition coefficient (Wildman–Crippen LogP) is 3.79. The van der Waals surface area contributed by atoms with Gasteiger partial charge < -0.3 is 28.8 Å². The van der Waals surface area contributed by atoms with Crippen molar-refractivity contribution >= 4 is 0 Å². The molecule has 0 bridgehead atoms. The molecular weight excluding hydrogens is 348 g/mol. The summed E-state index contributed by atoms with van der Waals surface area (Å²) in [5.41, 5.74) is 0. The van der Waals surface area contributed by atoms with Crippen LogP contribution in [-0.2, 0) is 23.7 Å². The molecule has 0 aromatic carbocycles. The van der Waals surface area contributed by atoms with Gasteiger partial charge in [0.2, 0.25) is 0 Å². The molecule has 0 radical (unpaired) electrons. The van der Waals surface area contributed by atoms with Crippen LogP contribution >= 0.6 is 0 Å². The summed E-state index contributed by atoms with van der Waals surface area (Å²) < 4.78 is 29.6. The fourth-order valence-electron chi connectivity index (χ4n) is 3.70. The van der Waals surface area contributed by atoms with Crippen LogP contribution in [0.1, 0.15) is 78.6 Å². The summed E-state index contributed by atoms with van der Waals surface area (Å²) in [6.07, 6.45) is 9.89. The third-order valence-electron chi connectivity index (χ3n) is 5.12. The van der Waals surface area contributed by atoms with Crippen molar-refractivity contribution in [3.8, 4) is 0 Å². The SMILES string of the molecule is CCCCCCCCCCO[C@@H]1[C@H]2OC(C)(C)O[C@H]2O[C@@H]1COCCCO. The molecular formula is C21H40O6. The summed E-state index contributed by atoms with van der Waals surface area (Å²) >= 11 is 0. The Hall–Kier alpha value is -0.240. The first-order valence-electron chi connectivity index (χ1n) is 10.9. The molecule has 0 aromatic rings. The lowest BCUT2D eigenvalue weighted by atomic mass is 10.1. The van der Waals surface area contributed by atoms with Crippen molar-refractivity contribution in [2.24, 2.45) is 0 Å². The zero-order valence-corrected chi connectivity index (χ0v) is 17.5. The highest BCUT2D eigenvalue weighted by atomic mass is 16.8. The molecule has 160 valence electrons. The smallest absolute Gasteiger partial charge is 0.190 e. The standard InChI is InChI=1S/C21H40O6/c1-4-5-6-7-8-9-10-11-15-24-18-17(16-23-14-12-13-22)25-20-19(18)26-21(2,3)27-20/h17-20,22H,4-16H2,1-3H3/t17-,18+,19-,20-/m1/s1. The zero-order chi connectivity index (χ0) is 19.5. The Bertz CT molecular complexity index is 389. The van der Waals surface area contributed by atoms with Crippen LogP contribution in [0.3, 0.4) is 0 Å². The lowest BCUT2D eigenvalue weighted by Gasteiger charge is -2.26. The maximum absolute atomic E-state index is 8.87. The number of unbranched alkanes of at least 4 members (excludes halogenated alkanes) is 7. The molecule has 2 saturated heterocycles. The third kappa shape index (κ3) is 7.95. The van der Waals surface area contributed by atoms with E-state index in [2.05, 4.69) is 6.92 Å². The van der Waals surface area contributed by atoms with Crippen molar-refractivity contribution in [3.05, 3.63) is 0 Å². The van der Waals surface area contributed by atoms with Gasteiger partial charge in [0.25, 0.3) is 0 Å². The van der Waals surface area contributed by atoms with Gasteiger partial charge in [0.05, 0.1) is 6.61 Å². The lowest BCUT2D eigenvalue weighted by Crippen LogP contribution is -2.39. The monoisotopic (exact) mass is 388 g/mol. The van der Waals surface area contributed by atoms with Crippen LogP contribution < -0.4 is 0 Å². The van der Waals surface area contributed by atoms with Crippen molar-refractivity contribution in [2.45, 2.75) is 109 Å². The topological polar surface area (TPSA) is 66.4 Å². The first kappa shape index (κ1) is 23.0. The Balaban J connectivity index is 1.67. The number of aliphatic hydroxyl groups is 1. The maximum Gasteiger partial charge on any atom is 0.190 e. The second-order valence-electron chi connectivity index (χ2n) is 8.11. The van der Waals surface area contributed by atoms with Gasteiger partial charge in [0.1, 0.15) is 18.3 Å². The van der Waals surface area contributed by atoms with Gasteiger partial charge in [-0.3, -0.25) is 0 Å². The second-order valence-corrected chi connectivity index (χ2v) is 8.11. The van der Waals surface area contributed by atoms with Crippen LogP contribution in [0.5, 0.6) is 0 Å². The largest absolute Gasteiger partial charge is 0.396 e. The molecule has 2 heterocycles. The minimum atomic E-state index is -0.641. The van der Waals surface area contributed by atoms with Crippen LogP contribution in [0.4, 0.5) is 0 Å². The first-order chi connectivity index (χ1) is 13.1. The van der Waals surface area contributed by atoms with E-state index in [1.807, 2.05) is 13.8 Å². The fraction of sp³-hybridized carbons (Fsp3) is 1.00. The summed E-state index contributed by atoms with van der Waals surface area (Å²) in [7, 11) is 0. The molecule has 27 heavy (non-hydrogen) atoms. The van der Waals surface area contributed by atoms with Crippen molar-refractivity contribution in [1.29, 1.82) is 0 Å². The number of rotatable bonds is 15. The average Bonchev–Trinajstić information content (AvgIpc) is 3.09. The molecule has 6 nitrogen and oxygen atoms in total. The molecule has 0 aromatic heterocycles. The van der Waals surface area contributed by atoms with Gasteiger partial charge in [-0.15, -0.1) is 0 Å². The minimum Gasteiger partial charge on any atom is -0.396 e. The summed E-state index contributed by atoms with van der Waals surface area (Å²) in [5, 5.41) is 8.87. The molecule has 2 aliphatic rings. The van der Waals surface area contributed by atoms with Gasteiger partial charge >= 0.3 is 0 Å². The number of hydrogen-bond donors (Lipinski definition) is 1. The van der Waals surface area contributed by atoms with E-state index in [0.717, 1.165) is 6.42 Å². The number of ether oxygens (including phenoxy) is 5. The summed E-state index contributed by atoms with van der Waals surface area (Å²) in [6.45, 7) is 7.85. The highest BCUT2D eigenvalue weighted by Crippen LogP contribution is 2.38. The maximum atomic E-state index is 8.87. The van der Waals surface area contributed by atoms with Gasteiger partial charge in [-0.25, -0.2) is 0 Å². The molecule has 0 aliphatic carbocycles.